The maximum atomic E-state index is 12.0. The van der Waals surface area contributed by atoms with Crippen LogP contribution in [-0.4, -0.2) is 61.5 Å². The monoisotopic (exact) mass is 299 g/mol. The van der Waals surface area contributed by atoms with Gasteiger partial charge in [0.25, 0.3) is 0 Å². The van der Waals surface area contributed by atoms with Crippen LogP contribution in [-0.2, 0) is 4.79 Å². The van der Waals surface area contributed by atoms with Crippen molar-refractivity contribution in [3.63, 3.8) is 0 Å². The first-order valence-electron chi connectivity index (χ1n) is 6.20. The normalized spacial score (nSPS) is 19.4. The molecule has 0 aliphatic carbocycles. The highest BCUT2D eigenvalue weighted by molar-refractivity contribution is 5.85. The molecule has 1 atom stereocenters. The molecule has 0 saturated carbocycles. The second kappa shape index (κ2) is 9.84. The summed E-state index contributed by atoms with van der Waals surface area (Å²) in [6.45, 7) is 6.54. The third-order valence-electron chi connectivity index (χ3n) is 3.45. The Kier molecular flexibility index (Phi) is 11.1. The molecule has 1 N–H and O–H groups in total. The van der Waals surface area contributed by atoms with Gasteiger partial charge in [-0.1, -0.05) is 0 Å². The van der Waals surface area contributed by atoms with Crippen LogP contribution < -0.4 is 5.32 Å². The van der Waals surface area contributed by atoms with E-state index in [2.05, 4.69) is 24.1 Å². The maximum Gasteiger partial charge on any atom is 0.236 e. The van der Waals surface area contributed by atoms with Gasteiger partial charge in [-0.05, 0) is 40.8 Å². The van der Waals surface area contributed by atoms with Gasteiger partial charge in [0.15, 0.2) is 0 Å². The van der Waals surface area contributed by atoms with Crippen molar-refractivity contribution in [2.45, 2.75) is 38.8 Å². The van der Waals surface area contributed by atoms with Crippen LogP contribution in [0.4, 0.5) is 0 Å². The molecule has 0 spiro atoms. The molecule has 0 radical (unpaired) electrons. The van der Waals surface area contributed by atoms with Gasteiger partial charge in [0, 0.05) is 25.2 Å². The van der Waals surface area contributed by atoms with Crippen LogP contribution in [0, 0.1) is 0 Å². The molecular formula is C12H27Cl2N3O. The summed E-state index contributed by atoms with van der Waals surface area (Å²) in [6.07, 6.45) is 2.29. The predicted octanol–water partition coefficient (Wildman–Crippen LogP) is 1.38. The van der Waals surface area contributed by atoms with Crippen LogP contribution in [0.25, 0.3) is 0 Å². The lowest BCUT2D eigenvalue weighted by molar-refractivity contribution is -0.133. The topological polar surface area (TPSA) is 35.6 Å². The summed E-state index contributed by atoms with van der Waals surface area (Å²) in [6, 6.07) is 0.899. The zero-order chi connectivity index (χ0) is 12.1. The van der Waals surface area contributed by atoms with Crippen LogP contribution >= 0.6 is 24.8 Å². The Morgan fingerprint density at radius 1 is 1.44 bits per heavy atom. The van der Waals surface area contributed by atoms with E-state index in [9.17, 15) is 4.79 Å². The van der Waals surface area contributed by atoms with Crippen molar-refractivity contribution in [1.29, 1.82) is 0 Å². The van der Waals surface area contributed by atoms with Crippen molar-refractivity contribution < 1.29 is 4.79 Å². The molecule has 0 aromatic rings. The molecule has 0 aromatic carbocycles. The second-order valence-electron chi connectivity index (χ2n) is 4.98. The minimum Gasteiger partial charge on any atom is -0.340 e. The number of carbonyl (C=O) groups is 1. The SMILES string of the molecule is CNC1CCCN(C(=O)CN(C)C(C)C)C1.Cl.Cl. The van der Waals surface area contributed by atoms with Gasteiger partial charge >= 0.3 is 0 Å². The van der Waals surface area contributed by atoms with E-state index in [4.69, 9.17) is 0 Å². The molecule has 4 nitrogen and oxygen atoms in total. The molecule has 1 aliphatic rings. The van der Waals surface area contributed by atoms with Crippen molar-refractivity contribution in [1.82, 2.24) is 15.1 Å². The number of rotatable bonds is 4. The predicted molar refractivity (Wildman–Crippen MR) is 80.9 cm³/mol. The first kappa shape index (κ1) is 20.3. The molecule has 1 aliphatic heterocycles. The third kappa shape index (κ3) is 6.23. The highest BCUT2D eigenvalue weighted by atomic mass is 35.5. The number of halogens is 2. The van der Waals surface area contributed by atoms with Crippen LogP contribution in [0.3, 0.4) is 0 Å². The highest BCUT2D eigenvalue weighted by Gasteiger charge is 2.23. The van der Waals surface area contributed by atoms with Gasteiger partial charge in [-0.25, -0.2) is 0 Å². The van der Waals surface area contributed by atoms with Crippen LogP contribution in [0.2, 0.25) is 0 Å². The quantitative estimate of drug-likeness (QED) is 0.852. The largest absolute Gasteiger partial charge is 0.340 e. The molecule has 6 heteroatoms. The van der Waals surface area contributed by atoms with E-state index in [-0.39, 0.29) is 30.7 Å². The zero-order valence-corrected chi connectivity index (χ0v) is 13.4. The molecule has 0 aromatic heterocycles. The summed E-state index contributed by atoms with van der Waals surface area (Å²) in [5.74, 6) is 0.260. The van der Waals surface area contributed by atoms with E-state index in [1.165, 1.54) is 6.42 Å². The molecular weight excluding hydrogens is 273 g/mol. The number of hydrogen-bond donors (Lipinski definition) is 1. The van der Waals surface area contributed by atoms with E-state index in [0.29, 0.717) is 18.6 Å². The average molecular weight is 300 g/mol. The Hall–Kier alpha value is -0.0300. The Labute approximate surface area is 123 Å². The lowest BCUT2D eigenvalue weighted by atomic mass is 10.1. The van der Waals surface area contributed by atoms with Gasteiger partial charge < -0.3 is 10.2 Å². The number of piperidine rings is 1. The summed E-state index contributed by atoms with van der Waals surface area (Å²) in [5, 5.41) is 3.26. The molecule has 1 fully saturated rings. The van der Waals surface area contributed by atoms with Crippen LogP contribution in [0.1, 0.15) is 26.7 Å². The summed E-state index contributed by atoms with van der Waals surface area (Å²) in [5.41, 5.74) is 0. The van der Waals surface area contributed by atoms with Crippen molar-refractivity contribution in [3.05, 3.63) is 0 Å². The van der Waals surface area contributed by atoms with Crippen molar-refractivity contribution in [2.75, 3.05) is 33.7 Å². The Bertz CT molecular complexity index is 239. The minimum atomic E-state index is 0. The smallest absolute Gasteiger partial charge is 0.236 e. The summed E-state index contributed by atoms with van der Waals surface area (Å²) in [4.78, 5) is 16.1. The lowest BCUT2D eigenvalue weighted by Crippen LogP contribution is -2.50. The molecule has 1 amide bonds. The number of hydrogen-bond acceptors (Lipinski definition) is 3. The lowest BCUT2D eigenvalue weighted by Gasteiger charge is -2.34. The van der Waals surface area contributed by atoms with E-state index in [1.807, 2.05) is 19.0 Å². The van der Waals surface area contributed by atoms with Crippen molar-refractivity contribution >= 4 is 30.7 Å². The van der Waals surface area contributed by atoms with Gasteiger partial charge in [0.05, 0.1) is 6.54 Å². The summed E-state index contributed by atoms with van der Waals surface area (Å²) in [7, 11) is 3.97. The number of nitrogens with one attached hydrogen (secondary N) is 1. The fourth-order valence-electron chi connectivity index (χ4n) is 1.94. The fraction of sp³-hybridized carbons (Fsp3) is 0.917. The van der Waals surface area contributed by atoms with E-state index < -0.39 is 0 Å². The Morgan fingerprint density at radius 3 is 2.56 bits per heavy atom. The van der Waals surface area contributed by atoms with Crippen molar-refractivity contribution in [2.24, 2.45) is 0 Å². The molecule has 110 valence electrons. The number of likely N-dealkylation sites (N-methyl/N-ethyl adjacent to an activating group) is 2. The average Bonchev–Trinajstić information content (AvgIpc) is 2.28. The Morgan fingerprint density at radius 2 is 2.06 bits per heavy atom. The number of likely N-dealkylation sites (tertiary alicyclic amines) is 1. The van der Waals surface area contributed by atoms with Crippen LogP contribution in [0.15, 0.2) is 0 Å². The second-order valence-corrected chi connectivity index (χ2v) is 4.98. The van der Waals surface area contributed by atoms with Gasteiger partial charge in [-0.2, -0.15) is 0 Å². The Balaban J connectivity index is 0. The van der Waals surface area contributed by atoms with Gasteiger partial charge in [0.2, 0.25) is 5.91 Å². The molecule has 18 heavy (non-hydrogen) atoms. The van der Waals surface area contributed by atoms with E-state index in [0.717, 1.165) is 19.5 Å². The highest BCUT2D eigenvalue weighted by Crippen LogP contribution is 2.10. The van der Waals surface area contributed by atoms with Gasteiger partial charge in [0.1, 0.15) is 0 Å². The van der Waals surface area contributed by atoms with Crippen LogP contribution in [0.5, 0.6) is 0 Å². The third-order valence-corrected chi connectivity index (χ3v) is 3.45. The van der Waals surface area contributed by atoms with Gasteiger partial charge in [-0.15, -0.1) is 24.8 Å². The number of nitrogens with zero attached hydrogens (tertiary/aromatic N) is 2. The fourth-order valence-corrected chi connectivity index (χ4v) is 1.94. The first-order chi connectivity index (χ1) is 7.54. The van der Waals surface area contributed by atoms with E-state index in [1.54, 1.807) is 0 Å². The molecule has 1 saturated heterocycles. The zero-order valence-electron chi connectivity index (χ0n) is 11.8. The molecule has 1 unspecified atom stereocenters. The maximum absolute atomic E-state index is 12.0. The van der Waals surface area contributed by atoms with E-state index >= 15 is 0 Å². The van der Waals surface area contributed by atoms with Gasteiger partial charge in [-0.3, -0.25) is 9.69 Å². The standard InChI is InChI=1S/C12H25N3O.2ClH/c1-10(2)14(4)9-12(16)15-7-5-6-11(8-15)13-3;;/h10-11,13H,5-9H2,1-4H3;2*1H. The number of amides is 1. The van der Waals surface area contributed by atoms with Crippen molar-refractivity contribution in [3.8, 4) is 0 Å². The molecule has 1 rings (SSSR count). The number of carbonyl (C=O) groups excluding carboxylic acids is 1. The minimum absolute atomic E-state index is 0. The summed E-state index contributed by atoms with van der Waals surface area (Å²) < 4.78 is 0. The first-order valence-corrected chi connectivity index (χ1v) is 6.20. The summed E-state index contributed by atoms with van der Waals surface area (Å²) >= 11 is 0. The molecule has 1 heterocycles. The molecule has 0 bridgehead atoms.